The first kappa shape index (κ1) is 12.2. The first-order valence-corrected chi connectivity index (χ1v) is 5.57. The van der Waals surface area contributed by atoms with Crippen molar-refractivity contribution in [2.75, 3.05) is 0 Å². The molecule has 0 fully saturated rings. The van der Waals surface area contributed by atoms with Gasteiger partial charge in [-0.2, -0.15) is 0 Å². The van der Waals surface area contributed by atoms with E-state index in [1.54, 1.807) is 6.20 Å². The number of pyridine rings is 1. The van der Waals surface area contributed by atoms with E-state index in [9.17, 15) is 4.79 Å². The van der Waals surface area contributed by atoms with Crippen molar-refractivity contribution in [3.05, 3.63) is 28.0 Å². The van der Waals surface area contributed by atoms with E-state index >= 15 is 0 Å². The summed E-state index contributed by atoms with van der Waals surface area (Å²) in [6.45, 7) is 5.70. The van der Waals surface area contributed by atoms with Crippen LogP contribution in [0.25, 0.3) is 0 Å². The second-order valence-corrected chi connectivity index (χ2v) is 4.77. The molecule has 1 atom stereocenters. The normalized spacial score (nSPS) is 12.9. The maximum Gasteiger partial charge on any atom is 0.312 e. The fourth-order valence-corrected chi connectivity index (χ4v) is 1.70. The number of rotatable bonds is 3. The quantitative estimate of drug-likeness (QED) is 0.920. The number of carboxylic acids is 1. The summed E-state index contributed by atoms with van der Waals surface area (Å²) in [7, 11) is 0. The molecule has 1 heterocycles. The van der Waals surface area contributed by atoms with E-state index in [1.165, 1.54) is 0 Å². The Labute approximate surface area is 97.7 Å². The summed E-state index contributed by atoms with van der Waals surface area (Å²) < 4.78 is 0.902. The Morgan fingerprint density at radius 1 is 1.53 bits per heavy atom. The van der Waals surface area contributed by atoms with Crippen molar-refractivity contribution in [2.24, 2.45) is 5.92 Å². The molecule has 0 saturated heterocycles. The average Bonchev–Trinajstić information content (AvgIpc) is 2.10. The van der Waals surface area contributed by atoms with Crippen molar-refractivity contribution in [3.8, 4) is 0 Å². The lowest BCUT2D eigenvalue weighted by Gasteiger charge is -2.16. The highest BCUT2D eigenvalue weighted by Gasteiger charge is 2.25. The van der Waals surface area contributed by atoms with Crippen LogP contribution in [-0.4, -0.2) is 16.1 Å². The van der Waals surface area contributed by atoms with E-state index in [4.69, 9.17) is 5.11 Å². The summed E-state index contributed by atoms with van der Waals surface area (Å²) in [6, 6.07) is 1.82. The minimum atomic E-state index is -0.820. The van der Waals surface area contributed by atoms with Gasteiger partial charge in [-0.15, -0.1) is 0 Å². The van der Waals surface area contributed by atoms with Crippen LogP contribution in [0.1, 0.15) is 31.0 Å². The minimum Gasteiger partial charge on any atom is -0.481 e. The lowest BCUT2D eigenvalue weighted by atomic mass is 9.92. The van der Waals surface area contributed by atoms with Gasteiger partial charge in [-0.25, -0.2) is 0 Å². The molecule has 0 saturated carbocycles. The summed E-state index contributed by atoms with van der Waals surface area (Å²) in [5.41, 5.74) is 1.63. The van der Waals surface area contributed by atoms with Gasteiger partial charge >= 0.3 is 5.97 Å². The van der Waals surface area contributed by atoms with Crippen molar-refractivity contribution >= 4 is 21.9 Å². The predicted octanol–water partition coefficient (Wildman–Crippen LogP) is 2.98. The van der Waals surface area contributed by atoms with Crippen molar-refractivity contribution in [1.29, 1.82) is 0 Å². The molecule has 0 spiro atoms. The van der Waals surface area contributed by atoms with Crippen molar-refractivity contribution in [1.82, 2.24) is 4.98 Å². The molecule has 0 amide bonds. The molecule has 0 aromatic carbocycles. The van der Waals surface area contributed by atoms with Gasteiger partial charge in [0, 0.05) is 10.7 Å². The third-order valence-electron chi connectivity index (χ3n) is 2.32. The summed E-state index contributed by atoms with van der Waals surface area (Å²) >= 11 is 3.34. The monoisotopic (exact) mass is 271 g/mol. The molecule has 4 heteroatoms. The number of aromatic nitrogens is 1. The Hall–Kier alpha value is -0.900. The average molecular weight is 272 g/mol. The van der Waals surface area contributed by atoms with Crippen LogP contribution in [0.4, 0.5) is 0 Å². The van der Waals surface area contributed by atoms with Crippen LogP contribution in [0.3, 0.4) is 0 Å². The van der Waals surface area contributed by atoms with Gasteiger partial charge in [0.2, 0.25) is 0 Å². The Balaban J connectivity index is 3.12. The molecule has 0 aliphatic rings. The molecule has 1 N–H and O–H groups in total. The zero-order valence-electron chi connectivity index (χ0n) is 8.99. The van der Waals surface area contributed by atoms with Crippen LogP contribution in [0, 0.1) is 12.8 Å². The number of carbonyl (C=O) groups is 1. The third kappa shape index (κ3) is 2.78. The van der Waals surface area contributed by atoms with Gasteiger partial charge in [-0.3, -0.25) is 9.78 Å². The summed E-state index contributed by atoms with van der Waals surface area (Å²) in [5, 5.41) is 9.11. The van der Waals surface area contributed by atoms with Gasteiger partial charge in [-0.05, 0) is 40.4 Å². The van der Waals surface area contributed by atoms with Gasteiger partial charge in [0.15, 0.2) is 0 Å². The summed E-state index contributed by atoms with van der Waals surface area (Å²) in [4.78, 5) is 15.2. The number of nitrogens with zero attached hydrogens (tertiary/aromatic N) is 1. The number of carboxylic acid groups (broad SMARTS) is 1. The molecule has 0 bridgehead atoms. The molecule has 0 aliphatic carbocycles. The van der Waals surface area contributed by atoms with Crippen LogP contribution in [0.15, 0.2) is 16.7 Å². The maximum atomic E-state index is 11.1. The van der Waals surface area contributed by atoms with E-state index in [1.807, 2.05) is 26.8 Å². The zero-order chi connectivity index (χ0) is 11.6. The molecule has 1 aromatic heterocycles. The van der Waals surface area contributed by atoms with Crippen molar-refractivity contribution in [2.45, 2.75) is 26.7 Å². The smallest absolute Gasteiger partial charge is 0.312 e. The largest absolute Gasteiger partial charge is 0.481 e. The Kier molecular flexibility index (Phi) is 3.85. The molecular formula is C11H14BrNO2. The van der Waals surface area contributed by atoms with Crippen LogP contribution in [-0.2, 0) is 4.79 Å². The number of hydrogen-bond donors (Lipinski definition) is 1. The van der Waals surface area contributed by atoms with Gasteiger partial charge < -0.3 is 5.11 Å². The molecular weight excluding hydrogens is 258 g/mol. The lowest BCUT2D eigenvalue weighted by molar-refractivity contribution is -0.140. The molecule has 0 aliphatic heterocycles. The van der Waals surface area contributed by atoms with E-state index in [0.29, 0.717) is 5.69 Å². The Morgan fingerprint density at radius 3 is 2.53 bits per heavy atom. The van der Waals surface area contributed by atoms with Crippen LogP contribution in [0.5, 0.6) is 0 Å². The lowest BCUT2D eigenvalue weighted by Crippen LogP contribution is -2.18. The van der Waals surface area contributed by atoms with Crippen LogP contribution >= 0.6 is 15.9 Å². The molecule has 3 nitrogen and oxygen atoms in total. The second-order valence-electron chi connectivity index (χ2n) is 3.92. The van der Waals surface area contributed by atoms with E-state index < -0.39 is 11.9 Å². The molecule has 1 rings (SSSR count). The van der Waals surface area contributed by atoms with E-state index in [0.717, 1.165) is 10.0 Å². The Bertz CT molecular complexity index is 377. The number of hydrogen-bond acceptors (Lipinski definition) is 2. The third-order valence-corrected chi connectivity index (χ3v) is 3.15. The van der Waals surface area contributed by atoms with Gasteiger partial charge in [-0.1, -0.05) is 13.8 Å². The highest BCUT2D eigenvalue weighted by molar-refractivity contribution is 9.10. The van der Waals surface area contributed by atoms with Crippen molar-refractivity contribution in [3.63, 3.8) is 0 Å². The summed E-state index contributed by atoms with van der Waals surface area (Å²) in [5.74, 6) is -1.31. The topological polar surface area (TPSA) is 50.2 Å². The molecule has 1 unspecified atom stereocenters. The zero-order valence-corrected chi connectivity index (χ0v) is 10.6. The number of halogens is 1. The van der Waals surface area contributed by atoms with Gasteiger partial charge in [0.05, 0.1) is 5.69 Å². The molecule has 1 aromatic rings. The minimum absolute atomic E-state index is 0.0376. The number of aryl methyl sites for hydroxylation is 1. The predicted molar refractivity (Wildman–Crippen MR) is 61.9 cm³/mol. The van der Waals surface area contributed by atoms with E-state index in [-0.39, 0.29) is 5.92 Å². The SMILES string of the molecule is Cc1cc(C(C(=O)O)C(C)C)ncc1Br. The first-order chi connectivity index (χ1) is 6.93. The molecule has 15 heavy (non-hydrogen) atoms. The highest BCUT2D eigenvalue weighted by atomic mass is 79.9. The maximum absolute atomic E-state index is 11.1. The highest BCUT2D eigenvalue weighted by Crippen LogP contribution is 2.25. The standard InChI is InChI=1S/C11H14BrNO2/c1-6(2)10(11(14)15)9-4-7(3)8(12)5-13-9/h4-6,10H,1-3H3,(H,14,15). The number of aliphatic carboxylic acids is 1. The van der Waals surface area contributed by atoms with Crippen LogP contribution in [0.2, 0.25) is 0 Å². The van der Waals surface area contributed by atoms with Gasteiger partial charge in [0.25, 0.3) is 0 Å². The summed E-state index contributed by atoms with van der Waals surface area (Å²) in [6.07, 6.45) is 1.66. The fraction of sp³-hybridized carbons (Fsp3) is 0.455. The van der Waals surface area contributed by atoms with Crippen molar-refractivity contribution < 1.29 is 9.90 Å². The molecule has 0 radical (unpaired) electrons. The first-order valence-electron chi connectivity index (χ1n) is 4.78. The van der Waals surface area contributed by atoms with Gasteiger partial charge in [0.1, 0.15) is 5.92 Å². The molecule has 82 valence electrons. The van der Waals surface area contributed by atoms with Crippen LogP contribution < -0.4 is 0 Å². The fourth-order valence-electron chi connectivity index (χ4n) is 1.48. The van der Waals surface area contributed by atoms with E-state index in [2.05, 4.69) is 20.9 Å². The Morgan fingerprint density at radius 2 is 2.13 bits per heavy atom. The second kappa shape index (κ2) is 4.75.